The number of hydrogen-bond donors (Lipinski definition) is 2. The first-order chi connectivity index (χ1) is 17.8. The number of nitro benzene ring substituents is 1. The number of hydrogen-bond acceptors (Lipinski definition) is 7. The molecule has 10 heteroatoms. The number of phenolic OH excluding ortho intramolecular Hbond substituents is 1. The standard InChI is InChI=1S/C28H25FN2O7/c1-28(2,3)16-6-12-22(38-4)19(14-16)25(33)23-24(15-5-11-21(32)20(13-15)31(36)37)30(27(35)26(23)34)18-9-7-17(29)8-10-18/h5-14,24,32-33H,1-4H3/b25-23+. The zero-order valence-corrected chi connectivity index (χ0v) is 21.1. The number of aromatic hydroxyl groups is 1. The van der Waals surface area contributed by atoms with Gasteiger partial charge >= 0.3 is 5.69 Å². The molecule has 1 unspecified atom stereocenters. The van der Waals surface area contributed by atoms with E-state index < -0.39 is 45.7 Å². The summed E-state index contributed by atoms with van der Waals surface area (Å²) >= 11 is 0. The fourth-order valence-corrected chi connectivity index (χ4v) is 4.38. The van der Waals surface area contributed by atoms with Crippen LogP contribution < -0.4 is 9.64 Å². The molecular weight excluding hydrogens is 495 g/mol. The highest BCUT2D eigenvalue weighted by molar-refractivity contribution is 6.51. The lowest BCUT2D eigenvalue weighted by atomic mass is 9.85. The molecule has 0 bridgehead atoms. The molecule has 196 valence electrons. The number of phenols is 1. The molecule has 2 N–H and O–H groups in total. The first-order valence-electron chi connectivity index (χ1n) is 11.6. The van der Waals surface area contributed by atoms with Gasteiger partial charge in [0.15, 0.2) is 5.75 Å². The van der Waals surface area contributed by atoms with Gasteiger partial charge in [-0.15, -0.1) is 0 Å². The maximum absolute atomic E-state index is 13.7. The number of methoxy groups -OCH3 is 1. The number of ketones is 1. The molecule has 1 heterocycles. The lowest BCUT2D eigenvalue weighted by Gasteiger charge is -2.26. The molecule has 0 radical (unpaired) electrons. The molecule has 38 heavy (non-hydrogen) atoms. The second kappa shape index (κ2) is 9.62. The third kappa shape index (κ3) is 4.56. The maximum atomic E-state index is 13.7. The van der Waals surface area contributed by atoms with Crippen LogP contribution in [0.15, 0.2) is 66.2 Å². The van der Waals surface area contributed by atoms with E-state index in [1.165, 1.54) is 25.3 Å². The summed E-state index contributed by atoms with van der Waals surface area (Å²) in [5.74, 6) is -3.57. The Hall–Kier alpha value is -4.73. The number of rotatable bonds is 5. The van der Waals surface area contributed by atoms with E-state index in [9.17, 15) is 34.3 Å². The SMILES string of the molecule is COc1ccc(C(C)(C)C)cc1/C(O)=C1\C(=O)C(=O)N(c2ccc(F)cc2)C1c1ccc(O)c([N+](=O)[O-])c1. The molecule has 0 aromatic heterocycles. The van der Waals surface area contributed by atoms with Gasteiger partial charge in [-0.2, -0.15) is 0 Å². The third-order valence-corrected chi connectivity index (χ3v) is 6.38. The van der Waals surface area contributed by atoms with Crippen LogP contribution in [-0.2, 0) is 15.0 Å². The van der Waals surface area contributed by atoms with Gasteiger partial charge in [-0.05, 0) is 59.0 Å². The largest absolute Gasteiger partial charge is 0.507 e. The van der Waals surface area contributed by atoms with E-state index in [1.807, 2.05) is 26.8 Å². The van der Waals surface area contributed by atoms with Gasteiger partial charge in [-0.1, -0.05) is 32.9 Å². The van der Waals surface area contributed by atoms with Crippen molar-refractivity contribution in [3.05, 3.63) is 98.9 Å². The molecule has 0 aliphatic carbocycles. The second-order valence-electron chi connectivity index (χ2n) is 9.82. The minimum atomic E-state index is -1.33. The van der Waals surface area contributed by atoms with Crippen LogP contribution in [-0.4, -0.2) is 33.9 Å². The van der Waals surface area contributed by atoms with Crippen molar-refractivity contribution in [3.63, 3.8) is 0 Å². The molecular formula is C28H25FN2O7. The van der Waals surface area contributed by atoms with Gasteiger partial charge in [0, 0.05) is 11.8 Å². The predicted octanol–water partition coefficient (Wildman–Crippen LogP) is 5.37. The molecule has 1 amide bonds. The second-order valence-corrected chi connectivity index (χ2v) is 9.82. The summed E-state index contributed by atoms with van der Waals surface area (Å²) in [6.07, 6.45) is 0. The molecule has 1 fully saturated rings. The average molecular weight is 521 g/mol. The van der Waals surface area contributed by atoms with Gasteiger partial charge < -0.3 is 14.9 Å². The smallest absolute Gasteiger partial charge is 0.311 e. The molecule has 0 saturated carbocycles. The van der Waals surface area contributed by atoms with Crippen LogP contribution in [0.3, 0.4) is 0 Å². The number of ether oxygens (including phenoxy) is 1. The minimum absolute atomic E-state index is 0.0746. The van der Waals surface area contributed by atoms with Gasteiger partial charge in [0.2, 0.25) is 0 Å². The Morgan fingerprint density at radius 3 is 2.29 bits per heavy atom. The number of nitrogens with zero attached hydrogens (tertiary/aromatic N) is 2. The number of carbonyl (C=O) groups is 2. The fourth-order valence-electron chi connectivity index (χ4n) is 4.38. The van der Waals surface area contributed by atoms with E-state index in [0.717, 1.165) is 34.7 Å². The Morgan fingerprint density at radius 1 is 1.05 bits per heavy atom. The Balaban J connectivity index is 2.04. The van der Waals surface area contributed by atoms with Crippen molar-refractivity contribution in [1.82, 2.24) is 0 Å². The molecule has 4 rings (SSSR count). The highest BCUT2D eigenvalue weighted by Crippen LogP contribution is 2.45. The zero-order chi connectivity index (χ0) is 27.9. The van der Waals surface area contributed by atoms with Crippen molar-refractivity contribution in [2.75, 3.05) is 12.0 Å². The minimum Gasteiger partial charge on any atom is -0.507 e. The van der Waals surface area contributed by atoms with Gasteiger partial charge in [0.1, 0.15) is 17.3 Å². The number of carbonyl (C=O) groups excluding carboxylic acids is 2. The van der Waals surface area contributed by atoms with E-state index in [1.54, 1.807) is 12.1 Å². The Kier molecular flexibility index (Phi) is 6.67. The van der Waals surface area contributed by atoms with E-state index in [0.29, 0.717) is 0 Å². The molecule has 1 aliphatic heterocycles. The monoisotopic (exact) mass is 520 g/mol. The van der Waals surface area contributed by atoms with Crippen LogP contribution in [0.1, 0.15) is 43.5 Å². The van der Waals surface area contributed by atoms with E-state index in [4.69, 9.17) is 4.74 Å². The number of aliphatic hydroxyl groups is 1. The van der Waals surface area contributed by atoms with Gasteiger partial charge in [-0.25, -0.2) is 4.39 Å². The Labute approximate surface area is 217 Å². The summed E-state index contributed by atoms with van der Waals surface area (Å²) in [4.78, 5) is 38.5. The topological polar surface area (TPSA) is 130 Å². The Morgan fingerprint density at radius 2 is 1.71 bits per heavy atom. The molecule has 3 aromatic carbocycles. The number of aliphatic hydroxyl groups excluding tert-OH is 1. The summed E-state index contributed by atoms with van der Waals surface area (Å²) in [6, 6.07) is 11.9. The van der Waals surface area contributed by atoms with Gasteiger partial charge in [0.25, 0.3) is 11.7 Å². The van der Waals surface area contributed by atoms with Crippen LogP contribution >= 0.6 is 0 Å². The molecule has 1 atom stereocenters. The van der Waals surface area contributed by atoms with Crippen LogP contribution in [0.2, 0.25) is 0 Å². The van der Waals surface area contributed by atoms with Gasteiger partial charge in [0.05, 0.1) is 29.2 Å². The number of benzene rings is 3. The first-order valence-corrected chi connectivity index (χ1v) is 11.6. The number of Topliss-reactive ketones (excluding diaryl/α,β-unsaturated/α-hetero) is 1. The van der Waals surface area contributed by atoms with Crippen molar-refractivity contribution in [3.8, 4) is 11.5 Å². The van der Waals surface area contributed by atoms with Crippen molar-refractivity contribution in [2.24, 2.45) is 0 Å². The van der Waals surface area contributed by atoms with Crippen LogP contribution in [0.4, 0.5) is 15.8 Å². The summed E-state index contributed by atoms with van der Waals surface area (Å²) in [7, 11) is 1.39. The molecule has 0 spiro atoms. The van der Waals surface area contributed by atoms with Crippen molar-refractivity contribution in [2.45, 2.75) is 32.2 Å². The van der Waals surface area contributed by atoms with Crippen molar-refractivity contribution in [1.29, 1.82) is 0 Å². The normalized spacial score (nSPS) is 17.1. The van der Waals surface area contributed by atoms with Crippen molar-refractivity contribution >= 4 is 28.8 Å². The van der Waals surface area contributed by atoms with E-state index >= 15 is 0 Å². The summed E-state index contributed by atoms with van der Waals surface area (Å²) in [5.41, 5.74) is -0.171. The highest BCUT2D eigenvalue weighted by atomic mass is 19.1. The molecule has 1 aliphatic rings. The number of halogens is 1. The zero-order valence-electron chi connectivity index (χ0n) is 21.1. The average Bonchev–Trinajstić information content (AvgIpc) is 3.13. The lowest BCUT2D eigenvalue weighted by molar-refractivity contribution is -0.385. The lowest BCUT2D eigenvalue weighted by Crippen LogP contribution is -2.29. The summed E-state index contributed by atoms with van der Waals surface area (Å²) in [6.45, 7) is 5.88. The maximum Gasteiger partial charge on any atom is 0.311 e. The predicted molar refractivity (Wildman–Crippen MR) is 138 cm³/mol. The molecule has 3 aromatic rings. The highest BCUT2D eigenvalue weighted by Gasteiger charge is 2.47. The Bertz CT molecular complexity index is 1490. The van der Waals surface area contributed by atoms with E-state index in [-0.39, 0.29) is 33.6 Å². The van der Waals surface area contributed by atoms with Gasteiger partial charge in [-0.3, -0.25) is 24.6 Å². The quantitative estimate of drug-likeness (QED) is 0.152. The molecule has 9 nitrogen and oxygen atoms in total. The fraction of sp³-hybridized carbons (Fsp3) is 0.214. The van der Waals surface area contributed by atoms with E-state index in [2.05, 4.69) is 0 Å². The number of nitro groups is 1. The summed E-state index contributed by atoms with van der Waals surface area (Å²) in [5, 5.41) is 33.1. The van der Waals surface area contributed by atoms with Crippen molar-refractivity contribution < 1.29 is 33.9 Å². The summed E-state index contributed by atoms with van der Waals surface area (Å²) < 4.78 is 19.1. The van der Waals surface area contributed by atoms with Crippen LogP contribution in [0.25, 0.3) is 5.76 Å². The number of anilines is 1. The molecule has 1 saturated heterocycles. The third-order valence-electron chi connectivity index (χ3n) is 6.38. The van der Waals surface area contributed by atoms with Crippen LogP contribution in [0, 0.1) is 15.9 Å². The first kappa shape index (κ1) is 26.3. The number of amides is 1. The van der Waals surface area contributed by atoms with Crippen LogP contribution in [0.5, 0.6) is 11.5 Å².